The molecule has 0 saturated heterocycles. The Morgan fingerprint density at radius 1 is 1.50 bits per heavy atom. The minimum Gasteiger partial charge on any atom is -0.497 e. The first-order valence-electron chi connectivity index (χ1n) is 5.24. The molecule has 0 aliphatic heterocycles. The molecule has 2 aromatic rings. The van der Waals surface area contributed by atoms with E-state index in [1.807, 2.05) is 30.5 Å². The van der Waals surface area contributed by atoms with Crippen molar-refractivity contribution >= 4 is 38.6 Å². The molecule has 0 bridgehead atoms. The van der Waals surface area contributed by atoms with Gasteiger partial charge in [-0.05, 0) is 25.1 Å². The molecule has 18 heavy (non-hydrogen) atoms. The highest BCUT2D eigenvalue weighted by molar-refractivity contribution is 9.10. The molecule has 0 atom stereocenters. The molecular weight excluding hydrogens is 314 g/mol. The number of nitrogens with zero attached hydrogens (tertiary/aromatic N) is 2. The van der Waals surface area contributed by atoms with Crippen LogP contribution < -0.4 is 10.2 Å². The van der Waals surface area contributed by atoms with Crippen LogP contribution in [0.5, 0.6) is 5.75 Å². The van der Waals surface area contributed by atoms with Crippen LogP contribution in [0, 0.1) is 6.92 Å². The molecule has 0 aliphatic carbocycles. The third kappa shape index (κ3) is 3.30. The number of thiazole rings is 1. The fourth-order valence-corrected chi connectivity index (χ4v) is 2.30. The Hall–Kier alpha value is -1.40. The second-order valence-electron chi connectivity index (χ2n) is 3.55. The molecule has 2 rings (SSSR count). The SMILES string of the molecule is COc1ccc(Br)c(C=NNc2nc(C)cs2)c1. The van der Waals surface area contributed by atoms with E-state index in [1.54, 1.807) is 13.3 Å². The molecule has 0 saturated carbocycles. The van der Waals surface area contributed by atoms with Gasteiger partial charge in [0.1, 0.15) is 5.75 Å². The number of halogens is 1. The van der Waals surface area contributed by atoms with Crippen LogP contribution in [0.3, 0.4) is 0 Å². The molecule has 4 nitrogen and oxygen atoms in total. The molecule has 1 aromatic heterocycles. The lowest BCUT2D eigenvalue weighted by molar-refractivity contribution is 0.414. The predicted octanol–water partition coefficient (Wildman–Crippen LogP) is 3.67. The highest BCUT2D eigenvalue weighted by atomic mass is 79.9. The van der Waals surface area contributed by atoms with Crippen molar-refractivity contribution in [2.24, 2.45) is 5.10 Å². The van der Waals surface area contributed by atoms with Gasteiger partial charge in [0.05, 0.1) is 19.0 Å². The molecule has 0 unspecified atom stereocenters. The minimum absolute atomic E-state index is 0.780. The van der Waals surface area contributed by atoms with Gasteiger partial charge in [0.15, 0.2) is 0 Å². The van der Waals surface area contributed by atoms with Gasteiger partial charge in [0.25, 0.3) is 0 Å². The van der Waals surface area contributed by atoms with E-state index in [2.05, 4.69) is 31.4 Å². The molecule has 0 fully saturated rings. The first-order valence-corrected chi connectivity index (χ1v) is 6.91. The molecule has 94 valence electrons. The number of nitrogens with one attached hydrogen (secondary N) is 1. The van der Waals surface area contributed by atoms with Gasteiger partial charge < -0.3 is 4.74 Å². The van der Waals surface area contributed by atoms with Crippen LogP contribution in [0.25, 0.3) is 0 Å². The van der Waals surface area contributed by atoms with Crippen molar-refractivity contribution in [2.45, 2.75) is 6.92 Å². The predicted molar refractivity (Wildman–Crippen MR) is 78.8 cm³/mol. The zero-order valence-electron chi connectivity index (χ0n) is 9.98. The van der Waals surface area contributed by atoms with E-state index in [0.717, 1.165) is 26.6 Å². The maximum atomic E-state index is 5.16. The van der Waals surface area contributed by atoms with Gasteiger partial charge in [0, 0.05) is 15.4 Å². The van der Waals surface area contributed by atoms with Gasteiger partial charge in [-0.15, -0.1) is 11.3 Å². The lowest BCUT2D eigenvalue weighted by Gasteiger charge is -2.02. The Morgan fingerprint density at radius 2 is 2.33 bits per heavy atom. The second kappa shape index (κ2) is 5.97. The molecule has 0 radical (unpaired) electrons. The number of benzene rings is 1. The molecule has 1 aromatic carbocycles. The van der Waals surface area contributed by atoms with Gasteiger partial charge in [-0.2, -0.15) is 5.10 Å². The summed E-state index contributed by atoms with van der Waals surface area (Å²) >= 11 is 4.99. The van der Waals surface area contributed by atoms with E-state index in [1.165, 1.54) is 11.3 Å². The summed E-state index contributed by atoms with van der Waals surface area (Å²) in [5.74, 6) is 0.796. The molecule has 1 N–H and O–H groups in total. The number of hydrogen-bond donors (Lipinski definition) is 1. The Bertz CT molecular complexity index is 568. The normalized spacial score (nSPS) is 10.8. The van der Waals surface area contributed by atoms with Gasteiger partial charge in [-0.3, -0.25) is 5.43 Å². The number of hydrogen-bond acceptors (Lipinski definition) is 5. The van der Waals surface area contributed by atoms with E-state index in [0.29, 0.717) is 0 Å². The van der Waals surface area contributed by atoms with Crippen molar-refractivity contribution in [2.75, 3.05) is 12.5 Å². The third-order valence-corrected chi connectivity index (χ3v) is 3.77. The summed E-state index contributed by atoms with van der Waals surface area (Å²) in [4.78, 5) is 4.26. The zero-order chi connectivity index (χ0) is 13.0. The minimum atomic E-state index is 0.780. The average molecular weight is 326 g/mol. The van der Waals surface area contributed by atoms with E-state index < -0.39 is 0 Å². The number of rotatable bonds is 4. The number of anilines is 1. The van der Waals surface area contributed by atoms with E-state index in [4.69, 9.17) is 4.74 Å². The third-order valence-electron chi connectivity index (χ3n) is 2.19. The summed E-state index contributed by atoms with van der Waals surface area (Å²) in [7, 11) is 1.64. The van der Waals surface area contributed by atoms with Gasteiger partial charge >= 0.3 is 0 Å². The zero-order valence-corrected chi connectivity index (χ0v) is 12.4. The van der Waals surface area contributed by atoms with Gasteiger partial charge in [-0.25, -0.2) is 4.98 Å². The van der Waals surface area contributed by atoms with Gasteiger partial charge in [-0.1, -0.05) is 15.9 Å². The number of methoxy groups -OCH3 is 1. The largest absolute Gasteiger partial charge is 0.497 e. The van der Waals surface area contributed by atoms with Crippen molar-refractivity contribution < 1.29 is 4.74 Å². The summed E-state index contributed by atoms with van der Waals surface area (Å²) in [5.41, 5.74) is 4.82. The average Bonchev–Trinajstić information content (AvgIpc) is 2.77. The van der Waals surface area contributed by atoms with E-state index in [9.17, 15) is 0 Å². The van der Waals surface area contributed by atoms with Gasteiger partial charge in [0.2, 0.25) is 5.13 Å². The first-order chi connectivity index (χ1) is 8.69. The number of hydrazone groups is 1. The number of aromatic nitrogens is 1. The fraction of sp³-hybridized carbons (Fsp3) is 0.167. The number of ether oxygens (including phenoxy) is 1. The van der Waals surface area contributed by atoms with Crippen LogP contribution in [0.15, 0.2) is 33.2 Å². The van der Waals surface area contributed by atoms with Crippen LogP contribution in [0.4, 0.5) is 5.13 Å². The Labute approximate surface area is 118 Å². The van der Waals surface area contributed by atoms with Crippen molar-refractivity contribution in [3.8, 4) is 5.75 Å². The van der Waals surface area contributed by atoms with Crippen LogP contribution in [-0.4, -0.2) is 18.3 Å². The smallest absolute Gasteiger partial charge is 0.203 e. The Morgan fingerprint density at radius 3 is 3.00 bits per heavy atom. The summed E-state index contributed by atoms with van der Waals surface area (Å²) in [6.07, 6.45) is 1.73. The fourth-order valence-electron chi connectivity index (χ4n) is 1.31. The molecule has 0 amide bonds. The Balaban J connectivity index is 2.08. The maximum Gasteiger partial charge on any atom is 0.203 e. The summed E-state index contributed by atoms with van der Waals surface area (Å²) in [5, 5.41) is 6.90. The quantitative estimate of drug-likeness (QED) is 0.689. The molecular formula is C12H12BrN3OS. The monoisotopic (exact) mass is 325 g/mol. The molecule has 6 heteroatoms. The standard InChI is InChI=1S/C12H12BrN3OS/c1-8-7-18-12(15-8)16-14-6-9-5-10(17-2)3-4-11(9)13/h3-7H,1-2H3,(H,15,16). The van der Waals surface area contributed by atoms with Crippen molar-refractivity contribution in [1.82, 2.24) is 4.98 Å². The van der Waals surface area contributed by atoms with Crippen LogP contribution in [0.2, 0.25) is 0 Å². The van der Waals surface area contributed by atoms with Crippen molar-refractivity contribution in [1.29, 1.82) is 0 Å². The van der Waals surface area contributed by atoms with Crippen LogP contribution >= 0.6 is 27.3 Å². The first kappa shape index (κ1) is 13.0. The van der Waals surface area contributed by atoms with E-state index in [-0.39, 0.29) is 0 Å². The van der Waals surface area contributed by atoms with Crippen LogP contribution in [0.1, 0.15) is 11.3 Å². The topological polar surface area (TPSA) is 46.5 Å². The highest BCUT2D eigenvalue weighted by Crippen LogP contribution is 2.21. The summed E-state index contributed by atoms with van der Waals surface area (Å²) in [6, 6.07) is 5.72. The lowest BCUT2D eigenvalue weighted by atomic mass is 10.2. The second-order valence-corrected chi connectivity index (χ2v) is 5.26. The lowest BCUT2D eigenvalue weighted by Crippen LogP contribution is -1.92. The maximum absolute atomic E-state index is 5.16. The van der Waals surface area contributed by atoms with Crippen molar-refractivity contribution in [3.63, 3.8) is 0 Å². The van der Waals surface area contributed by atoms with E-state index >= 15 is 0 Å². The summed E-state index contributed by atoms with van der Waals surface area (Å²) < 4.78 is 6.13. The van der Waals surface area contributed by atoms with Crippen molar-refractivity contribution in [3.05, 3.63) is 39.3 Å². The number of aryl methyl sites for hydroxylation is 1. The highest BCUT2D eigenvalue weighted by Gasteiger charge is 2.00. The molecule has 0 spiro atoms. The van der Waals surface area contributed by atoms with Crippen LogP contribution in [-0.2, 0) is 0 Å². The molecule has 0 aliphatic rings. The molecule has 1 heterocycles. The Kier molecular flexibility index (Phi) is 4.33. The summed E-state index contributed by atoms with van der Waals surface area (Å²) in [6.45, 7) is 1.95.